The molecule has 1 aliphatic rings. The maximum absolute atomic E-state index is 11.5. The molecule has 3 aromatic carbocycles. The second kappa shape index (κ2) is 10.2. The number of aliphatic hydroxyl groups is 1. The van der Waals surface area contributed by atoms with Crippen LogP contribution in [0.5, 0.6) is 0 Å². The lowest BCUT2D eigenvalue weighted by atomic mass is 9.80. The van der Waals surface area contributed by atoms with Crippen LogP contribution < -0.4 is 5.32 Å². The molecular formula is C26H27NO5. The molecule has 0 aromatic heterocycles. The van der Waals surface area contributed by atoms with Crippen molar-refractivity contribution >= 4 is 11.9 Å². The fourth-order valence-electron chi connectivity index (χ4n) is 4.28. The molecule has 4 rings (SSSR count). The molecule has 0 fully saturated rings. The average Bonchev–Trinajstić information content (AvgIpc) is 3.17. The number of carboxylic acid groups (broad SMARTS) is 2. The van der Waals surface area contributed by atoms with Gasteiger partial charge in [0, 0.05) is 13.5 Å². The Morgan fingerprint density at radius 3 is 2.12 bits per heavy atom. The van der Waals surface area contributed by atoms with Crippen LogP contribution in [0.3, 0.4) is 0 Å². The summed E-state index contributed by atoms with van der Waals surface area (Å²) in [4.78, 5) is 20.5. The van der Waals surface area contributed by atoms with Crippen molar-refractivity contribution in [2.75, 3.05) is 0 Å². The van der Waals surface area contributed by atoms with Gasteiger partial charge in [-0.1, -0.05) is 78.9 Å². The molecule has 0 saturated heterocycles. The lowest BCUT2D eigenvalue weighted by Crippen LogP contribution is -2.42. The first-order valence-electron chi connectivity index (χ1n) is 10.4. The summed E-state index contributed by atoms with van der Waals surface area (Å²) in [6, 6.07) is 25.7. The number of benzene rings is 3. The number of aliphatic carboxylic acids is 2. The van der Waals surface area contributed by atoms with E-state index in [0.29, 0.717) is 12.1 Å². The van der Waals surface area contributed by atoms with Gasteiger partial charge < -0.3 is 15.3 Å². The van der Waals surface area contributed by atoms with Crippen molar-refractivity contribution in [3.8, 4) is 0 Å². The lowest BCUT2D eigenvalue weighted by molar-refractivity contribution is -0.147. The number of hydrogen-bond donors (Lipinski definition) is 4. The molecule has 1 aliphatic carbocycles. The van der Waals surface area contributed by atoms with Crippen LogP contribution in [-0.4, -0.2) is 27.3 Å². The molecule has 0 radical (unpaired) electrons. The molecule has 0 bridgehead atoms. The van der Waals surface area contributed by atoms with Gasteiger partial charge >= 0.3 is 5.97 Å². The van der Waals surface area contributed by atoms with Crippen molar-refractivity contribution in [1.29, 1.82) is 0 Å². The number of aliphatic hydroxyl groups excluding tert-OH is 1. The molecule has 0 spiro atoms. The monoisotopic (exact) mass is 433 g/mol. The SMILES string of the molecule is CC(=O)O.O=C(O)C(O)c1ccccc1[C@@]1(NCc2ccccc2)CCc2ccccc21. The van der Waals surface area contributed by atoms with Crippen LogP contribution in [0.4, 0.5) is 0 Å². The molecular weight excluding hydrogens is 406 g/mol. The van der Waals surface area contributed by atoms with Gasteiger partial charge in [0.1, 0.15) is 0 Å². The lowest BCUT2D eigenvalue weighted by Gasteiger charge is -2.35. The summed E-state index contributed by atoms with van der Waals surface area (Å²) in [5.74, 6) is -2.07. The molecule has 0 aliphatic heterocycles. The Labute approximate surface area is 187 Å². The molecule has 0 heterocycles. The van der Waals surface area contributed by atoms with E-state index in [2.05, 4.69) is 29.6 Å². The smallest absolute Gasteiger partial charge is 0.337 e. The highest BCUT2D eigenvalue weighted by Crippen LogP contribution is 2.44. The summed E-state index contributed by atoms with van der Waals surface area (Å²) in [6.45, 7) is 1.73. The van der Waals surface area contributed by atoms with E-state index < -0.39 is 23.6 Å². The van der Waals surface area contributed by atoms with Gasteiger partial charge in [0.05, 0.1) is 5.54 Å². The van der Waals surface area contributed by atoms with Crippen LogP contribution in [0, 0.1) is 0 Å². The van der Waals surface area contributed by atoms with E-state index in [1.165, 1.54) is 5.56 Å². The van der Waals surface area contributed by atoms with E-state index in [1.807, 2.05) is 42.5 Å². The van der Waals surface area contributed by atoms with Crippen LogP contribution in [0.25, 0.3) is 0 Å². The minimum absolute atomic E-state index is 0.437. The predicted molar refractivity (Wildman–Crippen MR) is 121 cm³/mol. The topological polar surface area (TPSA) is 107 Å². The summed E-state index contributed by atoms with van der Waals surface area (Å²) in [5, 5.41) is 30.9. The van der Waals surface area contributed by atoms with Crippen molar-refractivity contribution in [1.82, 2.24) is 5.32 Å². The van der Waals surface area contributed by atoms with Crippen LogP contribution >= 0.6 is 0 Å². The molecule has 1 unspecified atom stereocenters. The van der Waals surface area contributed by atoms with Crippen molar-refractivity contribution < 1.29 is 24.9 Å². The molecule has 32 heavy (non-hydrogen) atoms. The molecule has 6 heteroatoms. The minimum atomic E-state index is -1.56. The normalized spacial score (nSPS) is 17.6. The highest BCUT2D eigenvalue weighted by atomic mass is 16.4. The second-order valence-corrected chi connectivity index (χ2v) is 7.75. The van der Waals surface area contributed by atoms with E-state index in [-0.39, 0.29) is 0 Å². The van der Waals surface area contributed by atoms with E-state index in [1.54, 1.807) is 12.1 Å². The largest absolute Gasteiger partial charge is 0.481 e. The Morgan fingerprint density at radius 2 is 1.47 bits per heavy atom. The Balaban J connectivity index is 0.000000668. The van der Waals surface area contributed by atoms with Crippen LogP contribution in [0.2, 0.25) is 0 Å². The van der Waals surface area contributed by atoms with Crippen molar-refractivity contribution in [2.24, 2.45) is 0 Å². The third-order valence-electron chi connectivity index (χ3n) is 5.63. The third kappa shape index (κ3) is 5.04. The van der Waals surface area contributed by atoms with Gasteiger partial charge in [-0.05, 0) is 40.7 Å². The maximum atomic E-state index is 11.5. The number of nitrogens with one attached hydrogen (secondary N) is 1. The van der Waals surface area contributed by atoms with Crippen molar-refractivity contribution in [3.63, 3.8) is 0 Å². The summed E-state index contributed by atoms with van der Waals surface area (Å²) < 4.78 is 0. The van der Waals surface area contributed by atoms with E-state index in [0.717, 1.165) is 36.5 Å². The van der Waals surface area contributed by atoms with E-state index >= 15 is 0 Å². The van der Waals surface area contributed by atoms with Crippen molar-refractivity contribution in [2.45, 2.75) is 38.0 Å². The Bertz CT molecular complexity index is 1080. The molecule has 166 valence electrons. The zero-order chi connectivity index (χ0) is 23.1. The van der Waals surface area contributed by atoms with Crippen LogP contribution in [0.15, 0.2) is 78.9 Å². The van der Waals surface area contributed by atoms with Gasteiger partial charge in [0.2, 0.25) is 0 Å². The summed E-state index contributed by atoms with van der Waals surface area (Å²) in [7, 11) is 0. The van der Waals surface area contributed by atoms with Crippen LogP contribution in [0.1, 0.15) is 47.3 Å². The van der Waals surface area contributed by atoms with E-state index in [4.69, 9.17) is 9.90 Å². The van der Waals surface area contributed by atoms with Gasteiger partial charge in [-0.2, -0.15) is 0 Å². The van der Waals surface area contributed by atoms with E-state index in [9.17, 15) is 15.0 Å². The molecule has 0 saturated carbocycles. The number of aryl methyl sites for hydroxylation is 1. The first kappa shape index (κ1) is 23.2. The zero-order valence-corrected chi connectivity index (χ0v) is 17.9. The van der Waals surface area contributed by atoms with Crippen LogP contribution in [-0.2, 0) is 28.1 Å². The second-order valence-electron chi connectivity index (χ2n) is 7.75. The van der Waals surface area contributed by atoms with Gasteiger partial charge in [-0.15, -0.1) is 0 Å². The number of hydrogen-bond acceptors (Lipinski definition) is 4. The fourth-order valence-corrected chi connectivity index (χ4v) is 4.28. The van der Waals surface area contributed by atoms with Gasteiger partial charge in [0.15, 0.2) is 6.10 Å². The molecule has 6 nitrogen and oxygen atoms in total. The summed E-state index contributed by atoms with van der Waals surface area (Å²) in [5.41, 5.74) is 4.28. The third-order valence-corrected chi connectivity index (χ3v) is 5.63. The summed E-state index contributed by atoms with van der Waals surface area (Å²) in [6.07, 6.45) is 0.150. The zero-order valence-electron chi connectivity index (χ0n) is 17.9. The van der Waals surface area contributed by atoms with Gasteiger partial charge in [0.25, 0.3) is 5.97 Å². The minimum Gasteiger partial charge on any atom is -0.481 e. The van der Waals surface area contributed by atoms with Gasteiger partial charge in [-0.3, -0.25) is 10.1 Å². The Kier molecular flexibility index (Phi) is 7.41. The van der Waals surface area contributed by atoms with Crippen molar-refractivity contribution in [3.05, 3.63) is 107 Å². The quantitative estimate of drug-likeness (QED) is 0.470. The number of carboxylic acids is 2. The molecule has 0 amide bonds. The Morgan fingerprint density at radius 1 is 0.906 bits per heavy atom. The highest BCUT2D eigenvalue weighted by molar-refractivity contribution is 5.75. The Hall–Kier alpha value is -3.48. The number of carbonyl (C=O) groups is 2. The molecule has 2 atom stereocenters. The van der Waals surface area contributed by atoms with Gasteiger partial charge in [-0.25, -0.2) is 4.79 Å². The fraction of sp³-hybridized carbons (Fsp3) is 0.231. The predicted octanol–water partition coefficient (Wildman–Crippen LogP) is 3.88. The molecule has 3 aromatic rings. The average molecular weight is 434 g/mol. The standard InChI is InChI=1S/C24H23NO3.C2H4O2/c26-22(23(27)28)19-11-5-7-13-21(19)24(25-16-17-8-2-1-3-9-17)15-14-18-10-4-6-12-20(18)24;1-2(3)4/h1-13,22,25-26H,14-16H2,(H,27,28);1H3,(H,3,4)/t22?,24-;/m1./s1. The maximum Gasteiger partial charge on any atom is 0.337 e. The highest BCUT2D eigenvalue weighted by Gasteiger charge is 2.42. The number of fused-ring (bicyclic) bond motifs is 1. The first-order valence-corrected chi connectivity index (χ1v) is 10.4. The molecule has 4 N–H and O–H groups in total. The number of rotatable bonds is 6. The summed E-state index contributed by atoms with van der Waals surface area (Å²) >= 11 is 0. The first-order chi connectivity index (χ1) is 15.3.